The van der Waals surface area contributed by atoms with Crippen LogP contribution in [-0.2, 0) is 6.54 Å². The molecule has 2 aromatic rings. The van der Waals surface area contributed by atoms with Crippen LogP contribution in [0.3, 0.4) is 0 Å². The summed E-state index contributed by atoms with van der Waals surface area (Å²) in [5.74, 6) is -0.0729. The van der Waals surface area contributed by atoms with Gasteiger partial charge in [0.05, 0.1) is 17.3 Å². The lowest BCUT2D eigenvalue weighted by Crippen LogP contribution is -2.23. The summed E-state index contributed by atoms with van der Waals surface area (Å²) < 4.78 is 34.7. The summed E-state index contributed by atoms with van der Waals surface area (Å²) in [5.41, 5.74) is 1.76. The molecule has 0 unspecified atom stereocenters. The highest BCUT2D eigenvalue weighted by Gasteiger charge is 2.19. The molecule has 0 spiro atoms. The Morgan fingerprint density at radius 1 is 1.36 bits per heavy atom. The predicted octanol–water partition coefficient (Wildman–Crippen LogP) is 3.84. The average Bonchev–Trinajstić information content (AvgIpc) is 2.95. The first kappa shape index (κ1) is 19.2. The first-order valence-electron chi connectivity index (χ1n) is 7.47. The van der Waals surface area contributed by atoms with Crippen molar-refractivity contribution in [3.05, 3.63) is 39.6 Å². The second-order valence-electron chi connectivity index (χ2n) is 5.50. The van der Waals surface area contributed by atoms with Gasteiger partial charge in [-0.25, -0.2) is 0 Å². The molecule has 136 valence electrons. The third-order valence-corrected chi connectivity index (χ3v) is 4.22. The molecule has 0 aliphatic heterocycles. The van der Waals surface area contributed by atoms with Crippen molar-refractivity contribution in [2.24, 2.45) is 0 Å². The van der Waals surface area contributed by atoms with Crippen molar-refractivity contribution in [1.29, 1.82) is 0 Å². The molecule has 0 fully saturated rings. The molecule has 1 aromatic heterocycles. The number of alkyl halides is 2. The Bertz CT molecular complexity index is 750. The summed E-state index contributed by atoms with van der Waals surface area (Å²) in [7, 11) is 1.35. The van der Waals surface area contributed by atoms with E-state index >= 15 is 0 Å². The van der Waals surface area contributed by atoms with Crippen molar-refractivity contribution in [3.63, 3.8) is 0 Å². The average molecular weight is 418 g/mol. The molecule has 9 heteroatoms. The number of H-pyrrole nitrogens is 1. The van der Waals surface area contributed by atoms with Crippen LogP contribution in [0.2, 0.25) is 0 Å². The van der Waals surface area contributed by atoms with Gasteiger partial charge < -0.3 is 14.8 Å². The van der Waals surface area contributed by atoms with E-state index in [-0.39, 0.29) is 35.6 Å². The number of methoxy groups -OCH3 is 1. The van der Waals surface area contributed by atoms with Gasteiger partial charge in [-0.15, -0.1) is 0 Å². The van der Waals surface area contributed by atoms with Gasteiger partial charge in [0.2, 0.25) is 0 Å². The van der Waals surface area contributed by atoms with Crippen LogP contribution >= 0.6 is 15.9 Å². The lowest BCUT2D eigenvalue weighted by atomic mass is 10.1. The minimum Gasteiger partial charge on any atom is -0.493 e. The second kappa shape index (κ2) is 8.28. The molecule has 0 radical (unpaired) electrons. The first-order chi connectivity index (χ1) is 11.8. The number of hydrogen-bond acceptors (Lipinski definition) is 4. The van der Waals surface area contributed by atoms with E-state index in [0.29, 0.717) is 10.0 Å². The van der Waals surface area contributed by atoms with Gasteiger partial charge in [-0.05, 0) is 39.5 Å². The zero-order chi connectivity index (χ0) is 18.6. The number of amides is 1. The van der Waals surface area contributed by atoms with Gasteiger partial charge in [-0.1, -0.05) is 19.9 Å². The van der Waals surface area contributed by atoms with Crippen LogP contribution in [0.15, 0.2) is 22.7 Å². The number of nitrogens with zero attached hydrogens (tertiary/aromatic N) is 1. The van der Waals surface area contributed by atoms with E-state index in [0.717, 1.165) is 5.69 Å². The van der Waals surface area contributed by atoms with E-state index < -0.39 is 6.61 Å². The number of hydrogen-bond donors (Lipinski definition) is 2. The van der Waals surface area contributed by atoms with Gasteiger partial charge in [-0.3, -0.25) is 9.89 Å². The fraction of sp³-hybridized carbons (Fsp3) is 0.375. The number of aromatic nitrogens is 2. The SMILES string of the molecule is COc1cc(CNC(=O)c2n[nH]c(C(C)C)c2Br)ccc1OC(F)F. The summed E-state index contributed by atoms with van der Waals surface area (Å²) in [6.07, 6.45) is 0. The molecule has 0 aliphatic carbocycles. The fourth-order valence-electron chi connectivity index (χ4n) is 2.16. The largest absolute Gasteiger partial charge is 0.493 e. The van der Waals surface area contributed by atoms with Crippen LogP contribution in [0.1, 0.15) is 41.5 Å². The number of ether oxygens (including phenoxy) is 2. The Hall–Kier alpha value is -2.16. The molecule has 6 nitrogen and oxygen atoms in total. The van der Waals surface area contributed by atoms with Crippen LogP contribution in [0, 0.1) is 0 Å². The van der Waals surface area contributed by atoms with Gasteiger partial charge in [-0.2, -0.15) is 13.9 Å². The smallest absolute Gasteiger partial charge is 0.387 e. The summed E-state index contributed by atoms with van der Waals surface area (Å²) in [5, 5.41) is 9.57. The van der Waals surface area contributed by atoms with E-state index in [2.05, 4.69) is 36.2 Å². The number of benzene rings is 1. The topological polar surface area (TPSA) is 76.2 Å². The first-order valence-corrected chi connectivity index (χ1v) is 8.26. The predicted molar refractivity (Wildman–Crippen MR) is 91.2 cm³/mol. The van der Waals surface area contributed by atoms with Gasteiger partial charge in [0.15, 0.2) is 17.2 Å². The Kier molecular flexibility index (Phi) is 6.35. The van der Waals surface area contributed by atoms with E-state index in [1.165, 1.54) is 19.2 Å². The van der Waals surface area contributed by atoms with Crippen LogP contribution in [0.25, 0.3) is 0 Å². The summed E-state index contributed by atoms with van der Waals surface area (Å²) in [4.78, 5) is 12.3. The van der Waals surface area contributed by atoms with Crippen molar-refractivity contribution in [1.82, 2.24) is 15.5 Å². The number of carbonyl (C=O) groups is 1. The van der Waals surface area contributed by atoms with Crippen LogP contribution in [0.4, 0.5) is 8.78 Å². The molecule has 0 atom stereocenters. The molecule has 2 N–H and O–H groups in total. The van der Waals surface area contributed by atoms with Crippen molar-refractivity contribution < 1.29 is 23.0 Å². The molecule has 1 aromatic carbocycles. The van der Waals surface area contributed by atoms with Gasteiger partial charge in [0.25, 0.3) is 5.91 Å². The Morgan fingerprint density at radius 2 is 2.08 bits per heavy atom. The highest BCUT2D eigenvalue weighted by molar-refractivity contribution is 9.10. The Labute approximate surface area is 152 Å². The third-order valence-electron chi connectivity index (χ3n) is 3.42. The molecular weight excluding hydrogens is 400 g/mol. The number of nitrogens with one attached hydrogen (secondary N) is 2. The molecular formula is C16H18BrF2N3O3. The highest BCUT2D eigenvalue weighted by Crippen LogP contribution is 2.29. The summed E-state index contributed by atoms with van der Waals surface area (Å²) in [6, 6.07) is 4.46. The van der Waals surface area contributed by atoms with Crippen LogP contribution < -0.4 is 14.8 Å². The van der Waals surface area contributed by atoms with Crippen molar-refractivity contribution in [3.8, 4) is 11.5 Å². The zero-order valence-electron chi connectivity index (χ0n) is 13.9. The molecule has 0 aliphatic rings. The van der Waals surface area contributed by atoms with E-state index in [1.807, 2.05) is 13.8 Å². The number of halogens is 3. The summed E-state index contributed by atoms with van der Waals surface area (Å²) >= 11 is 3.37. The van der Waals surface area contributed by atoms with Gasteiger partial charge in [0.1, 0.15) is 0 Å². The lowest BCUT2D eigenvalue weighted by Gasteiger charge is -2.11. The zero-order valence-corrected chi connectivity index (χ0v) is 15.5. The maximum Gasteiger partial charge on any atom is 0.387 e. The fourth-order valence-corrected chi connectivity index (χ4v) is 2.97. The molecule has 1 amide bonds. The molecule has 2 rings (SSSR count). The maximum absolute atomic E-state index is 12.3. The van der Waals surface area contributed by atoms with Crippen molar-refractivity contribution in [2.45, 2.75) is 32.9 Å². The van der Waals surface area contributed by atoms with Crippen molar-refractivity contribution >= 4 is 21.8 Å². The quantitative estimate of drug-likeness (QED) is 0.717. The monoisotopic (exact) mass is 417 g/mol. The van der Waals surface area contributed by atoms with Crippen LogP contribution in [-0.4, -0.2) is 29.8 Å². The minimum atomic E-state index is -2.94. The number of carbonyl (C=O) groups excluding carboxylic acids is 1. The molecule has 25 heavy (non-hydrogen) atoms. The van der Waals surface area contributed by atoms with E-state index in [1.54, 1.807) is 6.07 Å². The molecule has 0 saturated heterocycles. The molecule has 1 heterocycles. The standard InChI is InChI=1S/C16H18BrF2N3O3/c1-8(2)13-12(17)14(22-21-13)15(23)20-7-9-4-5-10(25-16(18)19)11(6-9)24-3/h4-6,8,16H,7H2,1-3H3,(H,20,23)(H,21,22). The third kappa shape index (κ3) is 4.68. The van der Waals surface area contributed by atoms with Crippen molar-refractivity contribution in [2.75, 3.05) is 7.11 Å². The summed E-state index contributed by atoms with van der Waals surface area (Å²) in [6.45, 7) is 1.21. The maximum atomic E-state index is 12.3. The number of aromatic amines is 1. The minimum absolute atomic E-state index is 0.0656. The molecule has 0 saturated carbocycles. The van der Waals surface area contributed by atoms with E-state index in [4.69, 9.17) is 4.74 Å². The lowest BCUT2D eigenvalue weighted by molar-refractivity contribution is -0.0512. The molecule has 0 bridgehead atoms. The van der Waals surface area contributed by atoms with Gasteiger partial charge in [0, 0.05) is 6.54 Å². The Morgan fingerprint density at radius 3 is 2.64 bits per heavy atom. The number of rotatable bonds is 7. The normalized spacial score (nSPS) is 11.0. The highest BCUT2D eigenvalue weighted by atomic mass is 79.9. The second-order valence-corrected chi connectivity index (χ2v) is 6.29. The van der Waals surface area contributed by atoms with E-state index in [9.17, 15) is 13.6 Å². The van der Waals surface area contributed by atoms with Gasteiger partial charge >= 0.3 is 6.61 Å². The Balaban J connectivity index is 2.07. The van der Waals surface area contributed by atoms with Crippen LogP contribution in [0.5, 0.6) is 11.5 Å².